The zero-order chi connectivity index (χ0) is 15.5. The average molecular weight is 290 g/mol. The van der Waals surface area contributed by atoms with E-state index in [1.54, 1.807) is 6.07 Å². The lowest BCUT2D eigenvalue weighted by molar-refractivity contribution is -0.383. The predicted octanol–water partition coefficient (Wildman–Crippen LogP) is 4.63. The maximum atomic E-state index is 11.7. The Kier molecular flexibility index (Phi) is 3.66. The molecule has 1 heterocycles. The van der Waals surface area contributed by atoms with Crippen molar-refractivity contribution in [1.29, 1.82) is 0 Å². The summed E-state index contributed by atoms with van der Waals surface area (Å²) in [5.74, 6) is 0. The number of rotatable bonds is 3. The number of benzene rings is 2. The lowest BCUT2D eigenvalue weighted by Crippen LogP contribution is -2.00. The van der Waals surface area contributed by atoms with E-state index in [0.29, 0.717) is 11.3 Å². The van der Waals surface area contributed by atoms with E-state index >= 15 is 0 Å². The van der Waals surface area contributed by atoms with Crippen molar-refractivity contribution < 1.29 is 4.92 Å². The molecule has 4 nitrogen and oxygen atoms in total. The standard InChI is InChI=1S/C18H14N2O2/c1-13-12-16(14-8-4-2-5-9-14)18(20(21)22)17(19-13)15-10-6-3-7-11-15/h2-12H,1H3. The molecule has 0 unspecified atom stereocenters. The SMILES string of the molecule is Cc1cc(-c2ccccc2)c([N+](=O)[O-])c(-c2ccccc2)n1. The van der Waals surface area contributed by atoms with E-state index in [-0.39, 0.29) is 10.6 Å². The van der Waals surface area contributed by atoms with Crippen molar-refractivity contribution in [3.05, 3.63) is 82.5 Å². The van der Waals surface area contributed by atoms with Crippen LogP contribution in [0.4, 0.5) is 5.69 Å². The van der Waals surface area contributed by atoms with Gasteiger partial charge in [-0.2, -0.15) is 0 Å². The highest BCUT2D eigenvalue weighted by Crippen LogP contribution is 2.37. The summed E-state index contributed by atoms with van der Waals surface area (Å²) in [6, 6.07) is 20.4. The maximum absolute atomic E-state index is 11.7. The van der Waals surface area contributed by atoms with Crippen LogP contribution in [0.1, 0.15) is 5.69 Å². The number of nitrogens with zero attached hydrogens (tertiary/aromatic N) is 2. The van der Waals surface area contributed by atoms with E-state index in [0.717, 1.165) is 16.8 Å². The molecule has 108 valence electrons. The Bertz CT molecular complexity index is 755. The van der Waals surface area contributed by atoms with Gasteiger partial charge in [0.05, 0.1) is 10.5 Å². The normalized spacial score (nSPS) is 10.4. The molecule has 0 aliphatic heterocycles. The molecule has 0 N–H and O–H groups in total. The first-order chi connectivity index (χ1) is 10.7. The van der Waals surface area contributed by atoms with Gasteiger partial charge >= 0.3 is 5.69 Å². The van der Waals surface area contributed by atoms with E-state index in [1.807, 2.05) is 67.6 Å². The number of aryl methyl sites for hydroxylation is 1. The van der Waals surface area contributed by atoms with E-state index in [2.05, 4.69) is 4.98 Å². The Hall–Kier alpha value is -3.01. The molecule has 3 rings (SSSR count). The van der Waals surface area contributed by atoms with Crippen molar-refractivity contribution in [2.75, 3.05) is 0 Å². The quantitative estimate of drug-likeness (QED) is 0.522. The predicted molar refractivity (Wildman–Crippen MR) is 86.5 cm³/mol. The van der Waals surface area contributed by atoms with Crippen molar-refractivity contribution in [2.45, 2.75) is 6.92 Å². The fourth-order valence-electron chi connectivity index (χ4n) is 2.49. The molecule has 0 aliphatic rings. The van der Waals surface area contributed by atoms with Crippen LogP contribution < -0.4 is 0 Å². The topological polar surface area (TPSA) is 56.0 Å². The number of hydrogen-bond acceptors (Lipinski definition) is 3. The molecular formula is C18H14N2O2. The van der Waals surface area contributed by atoms with Crippen LogP contribution in [0.25, 0.3) is 22.4 Å². The van der Waals surface area contributed by atoms with E-state index in [1.165, 1.54) is 0 Å². The summed E-state index contributed by atoms with van der Waals surface area (Å²) in [5, 5.41) is 11.7. The van der Waals surface area contributed by atoms with Crippen molar-refractivity contribution in [3.63, 3.8) is 0 Å². The molecule has 3 aromatic rings. The number of aromatic nitrogens is 1. The van der Waals surface area contributed by atoms with Gasteiger partial charge in [0.15, 0.2) is 0 Å². The summed E-state index contributed by atoms with van der Waals surface area (Å²) in [4.78, 5) is 15.7. The van der Waals surface area contributed by atoms with Crippen molar-refractivity contribution >= 4 is 5.69 Å². The van der Waals surface area contributed by atoms with E-state index in [4.69, 9.17) is 0 Å². The lowest BCUT2D eigenvalue weighted by Gasteiger charge is -2.09. The Morgan fingerprint density at radius 2 is 1.45 bits per heavy atom. The highest BCUT2D eigenvalue weighted by molar-refractivity contribution is 5.84. The molecule has 0 bridgehead atoms. The van der Waals surface area contributed by atoms with Gasteiger partial charge in [-0.1, -0.05) is 60.7 Å². The van der Waals surface area contributed by atoms with Gasteiger partial charge < -0.3 is 0 Å². The minimum atomic E-state index is -0.350. The van der Waals surface area contributed by atoms with Crippen molar-refractivity contribution in [3.8, 4) is 22.4 Å². The summed E-state index contributed by atoms with van der Waals surface area (Å²) in [6.45, 7) is 1.85. The van der Waals surface area contributed by atoms with Crippen LogP contribution in [0.3, 0.4) is 0 Å². The maximum Gasteiger partial charge on any atom is 0.303 e. The van der Waals surface area contributed by atoms with Gasteiger partial charge in [0.2, 0.25) is 0 Å². The molecule has 4 heteroatoms. The molecule has 0 saturated carbocycles. The molecule has 0 amide bonds. The van der Waals surface area contributed by atoms with Gasteiger partial charge in [-0.05, 0) is 18.6 Å². The second-order valence-electron chi connectivity index (χ2n) is 5.00. The van der Waals surface area contributed by atoms with Gasteiger partial charge in [-0.25, -0.2) is 4.98 Å². The smallest absolute Gasteiger partial charge is 0.258 e. The van der Waals surface area contributed by atoms with Gasteiger partial charge in [-0.3, -0.25) is 10.1 Å². The fourth-order valence-corrected chi connectivity index (χ4v) is 2.49. The first kappa shape index (κ1) is 13.9. The summed E-state index contributed by atoms with van der Waals surface area (Å²) in [5.41, 5.74) is 3.36. The molecule has 2 aromatic carbocycles. The third-order valence-corrected chi connectivity index (χ3v) is 3.44. The molecular weight excluding hydrogens is 276 g/mol. The number of nitro groups is 1. The second kappa shape index (κ2) is 5.77. The van der Waals surface area contributed by atoms with E-state index in [9.17, 15) is 10.1 Å². The van der Waals surface area contributed by atoms with Crippen LogP contribution in [0, 0.1) is 17.0 Å². The molecule has 0 spiro atoms. The van der Waals surface area contributed by atoms with Gasteiger partial charge in [0, 0.05) is 11.3 Å². The molecule has 0 radical (unpaired) electrons. The Morgan fingerprint density at radius 3 is 2.00 bits per heavy atom. The zero-order valence-electron chi connectivity index (χ0n) is 12.1. The summed E-state index contributed by atoms with van der Waals surface area (Å²) in [6.07, 6.45) is 0. The largest absolute Gasteiger partial charge is 0.303 e. The fraction of sp³-hybridized carbons (Fsp3) is 0.0556. The van der Waals surface area contributed by atoms with Crippen LogP contribution in [0.15, 0.2) is 66.7 Å². The first-order valence-corrected chi connectivity index (χ1v) is 6.93. The molecule has 0 fully saturated rings. The third kappa shape index (κ3) is 2.59. The Balaban J connectivity index is 2.32. The second-order valence-corrected chi connectivity index (χ2v) is 5.00. The molecule has 0 aliphatic carbocycles. The van der Waals surface area contributed by atoms with Crippen LogP contribution in [0.5, 0.6) is 0 Å². The van der Waals surface area contributed by atoms with Crippen LogP contribution >= 0.6 is 0 Å². The van der Waals surface area contributed by atoms with E-state index < -0.39 is 0 Å². The molecule has 1 aromatic heterocycles. The summed E-state index contributed by atoms with van der Waals surface area (Å²) >= 11 is 0. The first-order valence-electron chi connectivity index (χ1n) is 6.93. The van der Waals surface area contributed by atoms with Crippen molar-refractivity contribution in [1.82, 2.24) is 4.98 Å². The zero-order valence-corrected chi connectivity index (χ0v) is 12.1. The highest BCUT2D eigenvalue weighted by Gasteiger charge is 2.24. The summed E-state index contributed by atoms with van der Waals surface area (Å²) in [7, 11) is 0. The third-order valence-electron chi connectivity index (χ3n) is 3.44. The summed E-state index contributed by atoms with van der Waals surface area (Å²) < 4.78 is 0. The average Bonchev–Trinajstić information content (AvgIpc) is 2.55. The minimum Gasteiger partial charge on any atom is -0.258 e. The Labute approximate surface area is 128 Å². The van der Waals surface area contributed by atoms with Gasteiger partial charge in [0.1, 0.15) is 5.69 Å². The number of hydrogen-bond donors (Lipinski definition) is 0. The number of pyridine rings is 1. The lowest BCUT2D eigenvalue weighted by atomic mass is 9.99. The molecule has 22 heavy (non-hydrogen) atoms. The van der Waals surface area contributed by atoms with Crippen molar-refractivity contribution in [2.24, 2.45) is 0 Å². The molecule has 0 saturated heterocycles. The van der Waals surface area contributed by atoms with Gasteiger partial charge in [0.25, 0.3) is 0 Å². The highest BCUT2D eigenvalue weighted by atomic mass is 16.6. The Morgan fingerprint density at radius 1 is 0.909 bits per heavy atom. The van der Waals surface area contributed by atoms with Gasteiger partial charge in [-0.15, -0.1) is 0 Å². The monoisotopic (exact) mass is 290 g/mol. The van der Waals surface area contributed by atoms with Crippen LogP contribution in [0.2, 0.25) is 0 Å². The molecule has 0 atom stereocenters. The minimum absolute atomic E-state index is 0.0444. The van der Waals surface area contributed by atoms with Crippen LogP contribution in [-0.2, 0) is 0 Å². The van der Waals surface area contributed by atoms with Crippen LogP contribution in [-0.4, -0.2) is 9.91 Å².